The molecule has 1 saturated heterocycles. The average molecular weight is 615 g/mol. The Kier molecular flexibility index (Phi) is 9.65. The summed E-state index contributed by atoms with van der Waals surface area (Å²) in [6.45, 7) is 4.70. The summed E-state index contributed by atoms with van der Waals surface area (Å²) in [6.07, 6.45) is -2.12. The minimum absolute atomic E-state index is 0.103. The van der Waals surface area contributed by atoms with Gasteiger partial charge >= 0.3 is 12.2 Å². The van der Waals surface area contributed by atoms with E-state index in [1.165, 1.54) is 25.4 Å². The molecule has 1 aromatic heterocycles. The van der Waals surface area contributed by atoms with Crippen molar-refractivity contribution in [3.63, 3.8) is 0 Å². The molecule has 9 nitrogen and oxygen atoms in total. The number of fused-ring (bicyclic) bond motifs is 1. The number of urea groups is 1. The van der Waals surface area contributed by atoms with Crippen molar-refractivity contribution >= 4 is 28.3 Å². The predicted octanol–water partition coefficient (Wildman–Crippen LogP) is 6.94. The zero-order valence-electron chi connectivity index (χ0n) is 23.7. The summed E-state index contributed by atoms with van der Waals surface area (Å²) in [7, 11) is 1.53. The third-order valence-corrected chi connectivity index (χ3v) is 6.85. The smallest absolute Gasteiger partial charge is 0.416 e. The number of nitrogens with zero attached hydrogens (tertiary/aromatic N) is 2. The molecule has 0 radical (unpaired) electrons. The number of hydrogen-bond donors (Lipinski definition) is 2. The Morgan fingerprint density at radius 1 is 0.932 bits per heavy atom. The van der Waals surface area contributed by atoms with Crippen LogP contribution in [0.15, 0.2) is 66.9 Å². The van der Waals surface area contributed by atoms with E-state index in [-0.39, 0.29) is 17.1 Å². The number of carbonyl (C=O) groups excluding carboxylic acids is 1. The van der Waals surface area contributed by atoms with Crippen molar-refractivity contribution in [1.29, 1.82) is 0 Å². The van der Waals surface area contributed by atoms with Crippen LogP contribution in [-0.2, 0) is 10.9 Å². The number of methoxy groups -OCH3 is 1. The highest BCUT2D eigenvalue weighted by Crippen LogP contribution is 2.38. The molecular formula is C31H30F4N4O5. The quantitative estimate of drug-likeness (QED) is 0.148. The van der Waals surface area contributed by atoms with Gasteiger partial charge in [0.05, 0.1) is 38.0 Å². The van der Waals surface area contributed by atoms with Crippen LogP contribution < -0.4 is 24.8 Å². The molecule has 5 rings (SSSR count). The van der Waals surface area contributed by atoms with Crippen LogP contribution in [-0.4, -0.2) is 62.5 Å². The first-order valence-corrected chi connectivity index (χ1v) is 13.8. The highest BCUT2D eigenvalue weighted by Gasteiger charge is 2.30. The first-order chi connectivity index (χ1) is 21.2. The number of halogens is 4. The summed E-state index contributed by atoms with van der Waals surface area (Å²) >= 11 is 0. The number of ether oxygens (including phenoxy) is 4. The van der Waals surface area contributed by atoms with E-state index >= 15 is 4.39 Å². The Morgan fingerprint density at radius 3 is 2.36 bits per heavy atom. The molecule has 1 aliphatic rings. The number of aromatic nitrogens is 1. The van der Waals surface area contributed by atoms with Gasteiger partial charge in [-0.1, -0.05) is 0 Å². The topological polar surface area (TPSA) is 94.2 Å². The Morgan fingerprint density at radius 2 is 1.66 bits per heavy atom. The van der Waals surface area contributed by atoms with Gasteiger partial charge in [0.25, 0.3) is 0 Å². The summed E-state index contributed by atoms with van der Waals surface area (Å²) in [5, 5.41) is 5.42. The van der Waals surface area contributed by atoms with E-state index in [2.05, 4.69) is 20.5 Å². The van der Waals surface area contributed by atoms with Gasteiger partial charge < -0.3 is 29.6 Å². The van der Waals surface area contributed by atoms with Gasteiger partial charge in [0, 0.05) is 54.7 Å². The molecule has 4 aromatic rings. The Hall–Kier alpha value is -4.62. The first kappa shape index (κ1) is 30.8. The summed E-state index contributed by atoms with van der Waals surface area (Å²) in [5.41, 5.74) is -0.0380. The molecule has 0 saturated carbocycles. The molecule has 1 aliphatic heterocycles. The van der Waals surface area contributed by atoms with Crippen LogP contribution in [0.2, 0.25) is 0 Å². The van der Waals surface area contributed by atoms with Crippen LogP contribution in [0, 0.1) is 5.82 Å². The van der Waals surface area contributed by atoms with Crippen molar-refractivity contribution in [2.24, 2.45) is 0 Å². The number of anilines is 2. The Bertz CT molecular complexity index is 1600. The number of morpholine rings is 1. The fourth-order valence-corrected chi connectivity index (χ4v) is 4.60. The van der Waals surface area contributed by atoms with Crippen LogP contribution in [0.5, 0.6) is 23.0 Å². The number of amides is 2. The third kappa shape index (κ3) is 7.85. The molecule has 2 amide bonds. The molecule has 3 aromatic carbocycles. The van der Waals surface area contributed by atoms with E-state index in [9.17, 15) is 18.0 Å². The summed E-state index contributed by atoms with van der Waals surface area (Å²) in [4.78, 5) is 19.0. The molecule has 2 heterocycles. The maximum Gasteiger partial charge on any atom is 0.416 e. The molecule has 0 bridgehead atoms. The monoisotopic (exact) mass is 614 g/mol. The summed E-state index contributed by atoms with van der Waals surface area (Å²) < 4.78 is 76.0. The largest absolute Gasteiger partial charge is 0.493 e. The number of carbonyl (C=O) groups is 1. The van der Waals surface area contributed by atoms with Gasteiger partial charge in [-0.3, -0.25) is 9.88 Å². The zero-order valence-corrected chi connectivity index (χ0v) is 23.7. The fraction of sp³-hybridized carbons (Fsp3) is 0.290. The van der Waals surface area contributed by atoms with Crippen molar-refractivity contribution in [3.05, 3.63) is 78.2 Å². The van der Waals surface area contributed by atoms with Crippen molar-refractivity contribution in [2.75, 3.05) is 57.2 Å². The van der Waals surface area contributed by atoms with Gasteiger partial charge in [-0.25, -0.2) is 9.18 Å². The van der Waals surface area contributed by atoms with Gasteiger partial charge in [-0.2, -0.15) is 13.2 Å². The van der Waals surface area contributed by atoms with Crippen LogP contribution in [0.25, 0.3) is 10.9 Å². The van der Waals surface area contributed by atoms with Crippen LogP contribution in [0.1, 0.15) is 12.0 Å². The second-order valence-corrected chi connectivity index (χ2v) is 9.89. The first-order valence-electron chi connectivity index (χ1n) is 13.8. The highest BCUT2D eigenvalue weighted by molar-refractivity contribution is 5.99. The number of hydrogen-bond acceptors (Lipinski definition) is 7. The summed E-state index contributed by atoms with van der Waals surface area (Å²) in [6, 6.07) is 12.1. The number of rotatable bonds is 10. The molecule has 13 heteroatoms. The maximum atomic E-state index is 15.0. The number of benzene rings is 3. The van der Waals surface area contributed by atoms with E-state index in [0.717, 1.165) is 69.6 Å². The van der Waals surface area contributed by atoms with E-state index in [0.29, 0.717) is 34.8 Å². The van der Waals surface area contributed by atoms with E-state index in [4.69, 9.17) is 18.9 Å². The summed E-state index contributed by atoms with van der Waals surface area (Å²) in [5.74, 6) is 0.471. The third-order valence-electron chi connectivity index (χ3n) is 6.85. The van der Waals surface area contributed by atoms with Crippen molar-refractivity contribution in [1.82, 2.24) is 9.88 Å². The average Bonchev–Trinajstić information content (AvgIpc) is 3.00. The number of alkyl halides is 3. The lowest BCUT2D eigenvalue weighted by Gasteiger charge is -2.26. The Balaban J connectivity index is 1.22. The standard InChI is InChI=1S/C31H30F4N4O5/c1-41-28-18-23-25(19-29(28)43-14-2-11-39-12-15-42-16-13-39)36-10-9-26(23)44-27-8-7-22(17-24(27)32)38-30(40)37-21-5-3-20(4-6-21)31(33,34)35/h3-10,17-19H,2,11-16H2,1H3,(H2,37,38,40). The maximum absolute atomic E-state index is 15.0. The van der Waals surface area contributed by atoms with Gasteiger partial charge in [-0.05, 0) is 55.0 Å². The minimum Gasteiger partial charge on any atom is -0.493 e. The number of pyridine rings is 1. The molecule has 1 fully saturated rings. The minimum atomic E-state index is -4.49. The lowest BCUT2D eigenvalue weighted by atomic mass is 10.1. The normalized spacial score (nSPS) is 13.8. The Labute approximate surface area is 250 Å². The second-order valence-electron chi connectivity index (χ2n) is 9.89. The molecule has 232 valence electrons. The SMILES string of the molecule is COc1cc2c(Oc3ccc(NC(=O)Nc4ccc(C(F)(F)F)cc4)cc3F)ccnc2cc1OCCCN1CCOCC1. The second kappa shape index (κ2) is 13.8. The molecule has 0 unspecified atom stereocenters. The van der Waals surface area contributed by atoms with Crippen LogP contribution in [0.3, 0.4) is 0 Å². The molecule has 2 N–H and O–H groups in total. The lowest BCUT2D eigenvalue weighted by molar-refractivity contribution is -0.137. The van der Waals surface area contributed by atoms with Gasteiger partial charge in [0.1, 0.15) is 5.75 Å². The van der Waals surface area contributed by atoms with Gasteiger partial charge in [-0.15, -0.1) is 0 Å². The van der Waals surface area contributed by atoms with Crippen molar-refractivity contribution < 1.29 is 41.3 Å². The van der Waals surface area contributed by atoms with E-state index in [1.54, 1.807) is 18.2 Å². The molecular weight excluding hydrogens is 584 g/mol. The van der Waals surface area contributed by atoms with Gasteiger partial charge in [0.2, 0.25) is 0 Å². The van der Waals surface area contributed by atoms with Crippen molar-refractivity contribution in [3.8, 4) is 23.0 Å². The highest BCUT2D eigenvalue weighted by atomic mass is 19.4. The number of nitrogens with one attached hydrogen (secondary N) is 2. The predicted molar refractivity (Wildman–Crippen MR) is 156 cm³/mol. The molecule has 0 atom stereocenters. The van der Waals surface area contributed by atoms with E-state index in [1.807, 2.05) is 0 Å². The fourth-order valence-electron chi connectivity index (χ4n) is 4.60. The zero-order chi connectivity index (χ0) is 31.1. The molecule has 0 spiro atoms. The van der Waals surface area contributed by atoms with Gasteiger partial charge in [0.15, 0.2) is 23.1 Å². The van der Waals surface area contributed by atoms with E-state index < -0.39 is 23.6 Å². The van der Waals surface area contributed by atoms with Crippen LogP contribution in [0.4, 0.5) is 33.7 Å². The lowest BCUT2D eigenvalue weighted by Crippen LogP contribution is -2.37. The molecule has 44 heavy (non-hydrogen) atoms. The van der Waals surface area contributed by atoms with Crippen molar-refractivity contribution in [2.45, 2.75) is 12.6 Å². The van der Waals surface area contributed by atoms with Crippen LogP contribution >= 0.6 is 0 Å². The molecule has 0 aliphatic carbocycles.